The molecule has 0 fully saturated rings. The van der Waals surface area contributed by atoms with Crippen molar-refractivity contribution in [2.75, 3.05) is 6.26 Å². The van der Waals surface area contributed by atoms with Gasteiger partial charge in [0.05, 0.1) is 20.5 Å². The SMILES string of the molecule is CC(=O)OC(C)c1c(C)c(Sc2ccc(S(C)(=O)=O)cc2Cl)n2cc(F)ccc12. The van der Waals surface area contributed by atoms with Gasteiger partial charge < -0.3 is 9.14 Å². The van der Waals surface area contributed by atoms with Gasteiger partial charge in [0.2, 0.25) is 0 Å². The minimum atomic E-state index is -3.38. The molecule has 0 amide bonds. The lowest BCUT2D eigenvalue weighted by atomic mass is 10.1. The van der Waals surface area contributed by atoms with Gasteiger partial charge in [-0.2, -0.15) is 0 Å². The summed E-state index contributed by atoms with van der Waals surface area (Å²) in [6.07, 6.45) is 1.94. The Kier molecular flexibility index (Phi) is 5.98. The number of fused-ring (bicyclic) bond motifs is 1. The number of halogens is 2. The Morgan fingerprint density at radius 1 is 1.28 bits per heavy atom. The summed E-state index contributed by atoms with van der Waals surface area (Å²) in [5, 5.41) is 0.973. The topological polar surface area (TPSA) is 64.9 Å². The molecule has 154 valence electrons. The van der Waals surface area contributed by atoms with Crippen LogP contribution in [0.4, 0.5) is 4.39 Å². The summed E-state index contributed by atoms with van der Waals surface area (Å²) in [5.74, 6) is -0.827. The van der Waals surface area contributed by atoms with Gasteiger partial charge in [-0.1, -0.05) is 23.4 Å². The lowest BCUT2D eigenvalue weighted by Crippen LogP contribution is -2.05. The van der Waals surface area contributed by atoms with Crippen LogP contribution in [0.3, 0.4) is 0 Å². The van der Waals surface area contributed by atoms with Crippen LogP contribution in [0.25, 0.3) is 5.52 Å². The molecule has 0 saturated carbocycles. The highest BCUT2D eigenvalue weighted by Crippen LogP contribution is 2.41. The van der Waals surface area contributed by atoms with Gasteiger partial charge in [-0.15, -0.1) is 0 Å². The zero-order valence-corrected chi connectivity index (χ0v) is 18.6. The van der Waals surface area contributed by atoms with Crippen molar-refractivity contribution in [2.45, 2.75) is 41.7 Å². The van der Waals surface area contributed by atoms with Crippen LogP contribution in [-0.2, 0) is 19.4 Å². The van der Waals surface area contributed by atoms with Crippen LogP contribution in [0.1, 0.15) is 31.1 Å². The Labute approximate surface area is 177 Å². The van der Waals surface area contributed by atoms with Crippen LogP contribution in [0.2, 0.25) is 5.02 Å². The number of esters is 1. The summed E-state index contributed by atoms with van der Waals surface area (Å²) in [5.41, 5.74) is 2.30. The lowest BCUT2D eigenvalue weighted by Gasteiger charge is -2.12. The number of carbonyl (C=O) groups is 1. The largest absolute Gasteiger partial charge is 0.458 e. The molecule has 0 radical (unpaired) electrons. The standard InChI is InChI=1S/C20H19ClFNO4S2/c1-11-19(12(2)27-13(3)24)17-7-5-14(22)10-23(17)20(11)28-18-8-6-15(9-16(18)21)29(4,25)26/h5-10,12H,1-4H3. The molecule has 1 unspecified atom stereocenters. The second-order valence-electron chi connectivity index (χ2n) is 6.66. The zero-order chi connectivity index (χ0) is 21.5. The predicted molar refractivity (Wildman–Crippen MR) is 111 cm³/mol. The Hall–Kier alpha value is -2.03. The number of benzene rings is 1. The van der Waals surface area contributed by atoms with E-state index in [-0.39, 0.29) is 9.92 Å². The first kappa shape index (κ1) is 21.7. The number of ether oxygens (including phenoxy) is 1. The highest BCUT2D eigenvalue weighted by atomic mass is 35.5. The number of hydrogen-bond acceptors (Lipinski definition) is 5. The van der Waals surface area contributed by atoms with E-state index in [0.29, 0.717) is 15.4 Å². The maximum atomic E-state index is 14.0. The van der Waals surface area contributed by atoms with Crippen molar-refractivity contribution in [1.29, 1.82) is 0 Å². The van der Waals surface area contributed by atoms with Gasteiger partial charge in [0.15, 0.2) is 9.84 Å². The Bertz CT molecular complexity index is 1220. The second-order valence-corrected chi connectivity index (χ2v) is 10.1. The van der Waals surface area contributed by atoms with Gasteiger partial charge in [-0.25, -0.2) is 12.8 Å². The van der Waals surface area contributed by atoms with Crippen molar-refractivity contribution >= 4 is 44.7 Å². The number of pyridine rings is 1. The van der Waals surface area contributed by atoms with Gasteiger partial charge in [0.1, 0.15) is 11.9 Å². The predicted octanol–water partition coefficient (Wildman–Crippen LogP) is 5.22. The number of nitrogens with zero attached hydrogens (tertiary/aromatic N) is 1. The van der Waals surface area contributed by atoms with Gasteiger partial charge in [0.25, 0.3) is 0 Å². The van der Waals surface area contributed by atoms with Crippen molar-refractivity contribution < 1.29 is 22.3 Å². The van der Waals surface area contributed by atoms with Crippen molar-refractivity contribution in [3.8, 4) is 0 Å². The summed E-state index contributed by atoms with van der Waals surface area (Å²) in [7, 11) is -3.38. The van der Waals surface area contributed by atoms with E-state index >= 15 is 0 Å². The van der Waals surface area contributed by atoms with Crippen LogP contribution in [-0.4, -0.2) is 25.0 Å². The summed E-state index contributed by atoms with van der Waals surface area (Å²) >= 11 is 7.60. The van der Waals surface area contributed by atoms with Gasteiger partial charge >= 0.3 is 5.97 Å². The first-order chi connectivity index (χ1) is 13.5. The minimum absolute atomic E-state index is 0.124. The number of carbonyl (C=O) groups excluding carboxylic acids is 1. The van der Waals surface area contributed by atoms with Crippen LogP contribution in [0.5, 0.6) is 0 Å². The van der Waals surface area contributed by atoms with Crippen LogP contribution in [0, 0.1) is 12.7 Å². The third-order valence-electron chi connectivity index (χ3n) is 4.42. The van der Waals surface area contributed by atoms with Crippen LogP contribution >= 0.6 is 23.4 Å². The van der Waals surface area contributed by atoms with E-state index in [2.05, 4.69) is 0 Å². The molecule has 0 aliphatic carbocycles. The van der Waals surface area contributed by atoms with E-state index < -0.39 is 27.7 Å². The number of aromatic nitrogens is 1. The van der Waals surface area contributed by atoms with E-state index in [4.69, 9.17) is 16.3 Å². The monoisotopic (exact) mass is 455 g/mol. The summed E-state index contributed by atoms with van der Waals surface area (Å²) in [6.45, 7) is 4.96. The molecule has 3 aromatic rings. The molecule has 3 rings (SSSR count). The van der Waals surface area contributed by atoms with Crippen molar-refractivity contribution in [3.05, 3.63) is 58.5 Å². The first-order valence-electron chi connectivity index (χ1n) is 8.63. The zero-order valence-electron chi connectivity index (χ0n) is 16.2. The first-order valence-corrected chi connectivity index (χ1v) is 11.7. The molecular formula is C20H19ClFNO4S2. The van der Waals surface area contributed by atoms with E-state index in [1.807, 2.05) is 6.92 Å². The fourth-order valence-electron chi connectivity index (χ4n) is 3.20. The molecule has 1 aromatic carbocycles. The lowest BCUT2D eigenvalue weighted by molar-refractivity contribution is -0.145. The second kappa shape index (κ2) is 8.01. The fraction of sp³-hybridized carbons (Fsp3) is 0.250. The smallest absolute Gasteiger partial charge is 0.303 e. The maximum Gasteiger partial charge on any atom is 0.303 e. The Morgan fingerprint density at radius 2 is 1.97 bits per heavy atom. The van der Waals surface area contributed by atoms with Crippen LogP contribution in [0.15, 0.2) is 51.3 Å². The van der Waals surface area contributed by atoms with Crippen molar-refractivity contribution in [3.63, 3.8) is 0 Å². The Balaban J connectivity index is 2.14. The van der Waals surface area contributed by atoms with Gasteiger partial charge in [-0.05, 0) is 49.7 Å². The fourth-order valence-corrected chi connectivity index (χ4v) is 5.22. The van der Waals surface area contributed by atoms with E-state index in [9.17, 15) is 17.6 Å². The molecule has 0 aliphatic rings. The average molecular weight is 456 g/mol. The van der Waals surface area contributed by atoms with E-state index in [1.165, 1.54) is 43.1 Å². The molecule has 0 spiro atoms. The molecule has 0 bridgehead atoms. The molecule has 1 atom stereocenters. The number of sulfone groups is 1. The molecular weight excluding hydrogens is 437 g/mol. The summed E-state index contributed by atoms with van der Waals surface area (Å²) in [6, 6.07) is 7.48. The number of hydrogen-bond donors (Lipinski definition) is 0. The summed E-state index contributed by atoms with van der Waals surface area (Å²) < 4.78 is 44.5. The minimum Gasteiger partial charge on any atom is -0.458 e. The average Bonchev–Trinajstić information content (AvgIpc) is 2.86. The van der Waals surface area contributed by atoms with Gasteiger partial charge in [-0.3, -0.25) is 4.79 Å². The molecule has 9 heteroatoms. The molecule has 5 nitrogen and oxygen atoms in total. The third kappa shape index (κ3) is 4.44. The molecule has 2 aromatic heterocycles. The van der Waals surface area contributed by atoms with Crippen LogP contribution < -0.4 is 0 Å². The summed E-state index contributed by atoms with van der Waals surface area (Å²) in [4.78, 5) is 12.2. The normalized spacial score (nSPS) is 12.9. The third-order valence-corrected chi connectivity index (χ3v) is 7.23. The molecule has 0 aliphatic heterocycles. The van der Waals surface area contributed by atoms with Crippen molar-refractivity contribution in [2.24, 2.45) is 0 Å². The van der Waals surface area contributed by atoms with E-state index in [0.717, 1.165) is 17.4 Å². The van der Waals surface area contributed by atoms with Crippen molar-refractivity contribution in [1.82, 2.24) is 4.40 Å². The quantitative estimate of drug-likeness (QED) is 0.493. The van der Waals surface area contributed by atoms with E-state index in [1.54, 1.807) is 23.5 Å². The maximum absolute atomic E-state index is 14.0. The number of rotatable bonds is 5. The molecule has 2 heterocycles. The highest BCUT2D eigenvalue weighted by Gasteiger charge is 2.23. The highest BCUT2D eigenvalue weighted by molar-refractivity contribution is 7.99. The Morgan fingerprint density at radius 3 is 2.55 bits per heavy atom. The van der Waals surface area contributed by atoms with Gasteiger partial charge in [0, 0.05) is 29.8 Å². The molecule has 0 saturated heterocycles. The molecule has 0 N–H and O–H groups in total. The molecule has 29 heavy (non-hydrogen) atoms.